The van der Waals surface area contributed by atoms with E-state index in [0.29, 0.717) is 10.6 Å². The summed E-state index contributed by atoms with van der Waals surface area (Å²) in [5.41, 5.74) is 4.03. The molecule has 1 aromatic carbocycles. The van der Waals surface area contributed by atoms with Gasteiger partial charge in [0.1, 0.15) is 5.69 Å². The van der Waals surface area contributed by atoms with Gasteiger partial charge in [-0.25, -0.2) is 15.4 Å². The van der Waals surface area contributed by atoms with Crippen molar-refractivity contribution in [3.8, 4) is 0 Å². The van der Waals surface area contributed by atoms with Crippen LogP contribution in [0.25, 0.3) is 0 Å². The average molecular weight is 368 g/mol. The van der Waals surface area contributed by atoms with Crippen LogP contribution >= 0.6 is 11.6 Å². The Bertz CT molecular complexity index is 854. The smallest absolute Gasteiger partial charge is 0.267 e. The second kappa shape index (κ2) is 8.28. The molecular weight excluding hydrogens is 354 g/mol. The SMILES string of the molecule is O=C(c1ccncc1)N(NCc1cccc(Cl)c1)C(=O)c1cnccn1. The minimum Gasteiger partial charge on any atom is -0.267 e. The molecule has 2 heterocycles. The Labute approximate surface area is 154 Å². The number of halogens is 1. The molecule has 0 aliphatic carbocycles. The number of benzene rings is 1. The Morgan fingerprint density at radius 3 is 2.50 bits per heavy atom. The summed E-state index contributed by atoms with van der Waals surface area (Å²) in [5.74, 6) is -1.13. The molecule has 0 saturated heterocycles. The zero-order chi connectivity index (χ0) is 18.4. The molecule has 0 aliphatic rings. The van der Waals surface area contributed by atoms with Crippen molar-refractivity contribution in [1.82, 2.24) is 25.4 Å². The molecule has 3 aromatic rings. The van der Waals surface area contributed by atoms with Crippen molar-refractivity contribution in [2.75, 3.05) is 0 Å². The summed E-state index contributed by atoms with van der Waals surface area (Å²) in [4.78, 5) is 37.3. The lowest BCUT2D eigenvalue weighted by Crippen LogP contribution is -2.47. The van der Waals surface area contributed by atoms with E-state index in [2.05, 4.69) is 20.4 Å². The van der Waals surface area contributed by atoms with Crippen LogP contribution in [0.4, 0.5) is 0 Å². The van der Waals surface area contributed by atoms with Crippen LogP contribution in [0, 0.1) is 0 Å². The summed E-state index contributed by atoms with van der Waals surface area (Å²) in [6, 6.07) is 10.2. The number of rotatable bonds is 5. The maximum absolute atomic E-state index is 12.8. The van der Waals surface area contributed by atoms with Gasteiger partial charge in [0.25, 0.3) is 11.8 Å². The summed E-state index contributed by atoms with van der Waals surface area (Å²) < 4.78 is 0. The Hall–Kier alpha value is -3.16. The van der Waals surface area contributed by atoms with Crippen LogP contribution in [0.2, 0.25) is 5.02 Å². The first-order chi connectivity index (χ1) is 12.6. The predicted molar refractivity (Wildman–Crippen MR) is 95.1 cm³/mol. The molecule has 0 spiro atoms. The van der Waals surface area contributed by atoms with E-state index in [1.54, 1.807) is 18.2 Å². The van der Waals surface area contributed by atoms with Gasteiger partial charge in [0.15, 0.2) is 0 Å². The molecule has 8 heteroatoms. The second-order valence-corrected chi connectivity index (χ2v) is 5.67. The second-order valence-electron chi connectivity index (χ2n) is 5.24. The van der Waals surface area contributed by atoms with Crippen LogP contribution < -0.4 is 5.43 Å². The van der Waals surface area contributed by atoms with E-state index in [1.165, 1.54) is 43.1 Å². The van der Waals surface area contributed by atoms with Gasteiger partial charge in [-0.15, -0.1) is 0 Å². The molecule has 0 bridgehead atoms. The van der Waals surface area contributed by atoms with E-state index in [4.69, 9.17) is 11.6 Å². The maximum atomic E-state index is 12.8. The molecule has 0 saturated carbocycles. The molecule has 0 atom stereocenters. The first-order valence-corrected chi connectivity index (χ1v) is 8.06. The first kappa shape index (κ1) is 17.7. The number of carbonyl (C=O) groups excluding carboxylic acids is 2. The normalized spacial score (nSPS) is 10.3. The Morgan fingerprint density at radius 2 is 1.81 bits per heavy atom. The minimum atomic E-state index is -0.609. The number of imide groups is 1. The molecule has 3 rings (SSSR count). The van der Waals surface area contributed by atoms with Crippen molar-refractivity contribution in [2.45, 2.75) is 6.54 Å². The van der Waals surface area contributed by atoms with Gasteiger partial charge in [0, 0.05) is 41.9 Å². The topological polar surface area (TPSA) is 88.1 Å². The number of nitrogens with zero attached hydrogens (tertiary/aromatic N) is 4. The maximum Gasteiger partial charge on any atom is 0.295 e. The largest absolute Gasteiger partial charge is 0.295 e. The highest BCUT2D eigenvalue weighted by Crippen LogP contribution is 2.12. The van der Waals surface area contributed by atoms with Crippen molar-refractivity contribution < 1.29 is 9.59 Å². The van der Waals surface area contributed by atoms with E-state index in [1.807, 2.05) is 6.07 Å². The first-order valence-electron chi connectivity index (χ1n) is 7.68. The number of aromatic nitrogens is 3. The molecule has 2 aromatic heterocycles. The predicted octanol–water partition coefficient (Wildman–Crippen LogP) is 2.51. The van der Waals surface area contributed by atoms with Gasteiger partial charge in [-0.1, -0.05) is 23.7 Å². The van der Waals surface area contributed by atoms with Crippen LogP contribution in [0.5, 0.6) is 0 Å². The lowest BCUT2D eigenvalue weighted by atomic mass is 10.2. The number of nitrogens with one attached hydrogen (secondary N) is 1. The highest BCUT2D eigenvalue weighted by atomic mass is 35.5. The molecule has 7 nitrogen and oxygen atoms in total. The molecule has 0 aliphatic heterocycles. The van der Waals surface area contributed by atoms with Gasteiger partial charge in [0.05, 0.1) is 6.20 Å². The van der Waals surface area contributed by atoms with Gasteiger partial charge in [-0.3, -0.25) is 19.6 Å². The number of pyridine rings is 1. The van der Waals surface area contributed by atoms with Crippen molar-refractivity contribution in [3.63, 3.8) is 0 Å². The molecule has 0 fully saturated rings. The average Bonchev–Trinajstić information content (AvgIpc) is 2.69. The number of hydrazine groups is 1. The van der Waals surface area contributed by atoms with Crippen molar-refractivity contribution in [2.24, 2.45) is 0 Å². The quantitative estimate of drug-likeness (QED) is 0.550. The molecule has 130 valence electrons. The van der Waals surface area contributed by atoms with E-state index in [-0.39, 0.29) is 12.2 Å². The third kappa shape index (κ3) is 4.27. The van der Waals surface area contributed by atoms with E-state index >= 15 is 0 Å². The van der Waals surface area contributed by atoms with Crippen LogP contribution in [-0.2, 0) is 6.54 Å². The molecular formula is C18H14ClN5O2. The van der Waals surface area contributed by atoms with Crippen molar-refractivity contribution >= 4 is 23.4 Å². The van der Waals surface area contributed by atoms with Gasteiger partial charge in [-0.2, -0.15) is 0 Å². The summed E-state index contributed by atoms with van der Waals surface area (Å²) in [5, 5.41) is 1.48. The Morgan fingerprint density at radius 1 is 1.00 bits per heavy atom. The third-order valence-corrected chi connectivity index (χ3v) is 3.68. The number of hydrogen-bond acceptors (Lipinski definition) is 6. The summed E-state index contributed by atoms with van der Waals surface area (Å²) in [7, 11) is 0. The standard InChI is InChI=1S/C18H14ClN5O2/c19-15-3-1-2-13(10-15)11-23-24(17(25)14-4-6-20-7-5-14)18(26)16-12-21-8-9-22-16/h1-10,12,23H,11H2. The van der Waals surface area contributed by atoms with E-state index < -0.39 is 11.8 Å². The zero-order valence-corrected chi connectivity index (χ0v) is 14.3. The van der Waals surface area contributed by atoms with Crippen molar-refractivity contribution in [1.29, 1.82) is 0 Å². The summed E-state index contributed by atoms with van der Waals surface area (Å²) in [6.45, 7) is 0.226. The fourth-order valence-corrected chi connectivity index (χ4v) is 2.41. The van der Waals surface area contributed by atoms with Gasteiger partial charge in [0.2, 0.25) is 0 Å². The van der Waals surface area contributed by atoms with E-state index in [0.717, 1.165) is 10.6 Å². The summed E-state index contributed by atoms with van der Waals surface area (Å²) >= 11 is 5.98. The van der Waals surface area contributed by atoms with Crippen molar-refractivity contribution in [3.05, 3.63) is 89.2 Å². The molecule has 1 N–H and O–H groups in total. The van der Waals surface area contributed by atoms with Crippen LogP contribution in [0.15, 0.2) is 67.4 Å². The zero-order valence-electron chi connectivity index (χ0n) is 13.5. The van der Waals surface area contributed by atoms with Gasteiger partial charge < -0.3 is 0 Å². The molecule has 26 heavy (non-hydrogen) atoms. The van der Waals surface area contributed by atoms with Crippen LogP contribution in [0.1, 0.15) is 26.4 Å². The van der Waals surface area contributed by atoms with E-state index in [9.17, 15) is 9.59 Å². The molecule has 0 radical (unpaired) electrons. The van der Waals surface area contributed by atoms with Gasteiger partial charge >= 0.3 is 0 Å². The highest BCUT2D eigenvalue weighted by Gasteiger charge is 2.25. The Balaban J connectivity index is 1.86. The molecule has 0 unspecified atom stereocenters. The Kier molecular flexibility index (Phi) is 5.62. The molecule has 2 amide bonds. The third-order valence-electron chi connectivity index (χ3n) is 3.45. The fraction of sp³-hybridized carbons (Fsp3) is 0.0556. The van der Waals surface area contributed by atoms with Crippen LogP contribution in [-0.4, -0.2) is 31.8 Å². The lowest BCUT2D eigenvalue weighted by molar-refractivity contribution is 0.0517. The fourth-order valence-electron chi connectivity index (χ4n) is 2.20. The number of amides is 2. The number of hydrogen-bond donors (Lipinski definition) is 1. The summed E-state index contributed by atoms with van der Waals surface area (Å²) in [6.07, 6.45) is 7.10. The lowest BCUT2D eigenvalue weighted by Gasteiger charge is -2.21. The number of carbonyl (C=O) groups is 2. The van der Waals surface area contributed by atoms with Gasteiger partial charge in [-0.05, 0) is 29.8 Å². The highest BCUT2D eigenvalue weighted by molar-refractivity contribution is 6.30. The van der Waals surface area contributed by atoms with Crippen LogP contribution in [0.3, 0.4) is 0 Å². The monoisotopic (exact) mass is 367 g/mol. The minimum absolute atomic E-state index is 0.0495.